The molecule has 0 amide bonds. The average molecular weight is 420 g/mol. The zero-order valence-corrected chi connectivity index (χ0v) is 16.7. The van der Waals surface area contributed by atoms with E-state index >= 15 is 0 Å². The van der Waals surface area contributed by atoms with E-state index in [0.29, 0.717) is 29.8 Å². The fraction of sp³-hybridized carbons (Fsp3) is 0.263. The molecule has 0 radical (unpaired) electrons. The maximum absolute atomic E-state index is 13.4. The van der Waals surface area contributed by atoms with Gasteiger partial charge in [-0.25, -0.2) is 13.4 Å². The summed E-state index contributed by atoms with van der Waals surface area (Å²) in [5, 5.41) is -0.215. The summed E-state index contributed by atoms with van der Waals surface area (Å²) in [6.07, 6.45) is 2.65. The number of carbonyl (C=O) groups is 1. The van der Waals surface area contributed by atoms with Crippen molar-refractivity contribution in [3.05, 3.63) is 59.4 Å². The minimum Gasteiger partial charge on any atom is -0.497 e. The number of fused-ring (bicyclic) bond motifs is 1. The lowest BCUT2D eigenvalue weighted by atomic mass is 10.0. The van der Waals surface area contributed by atoms with Crippen molar-refractivity contribution in [2.45, 2.75) is 23.9 Å². The Kier molecular flexibility index (Phi) is 4.86. The molecule has 0 aliphatic carbocycles. The molecule has 1 saturated heterocycles. The molecule has 1 atom stereocenters. The van der Waals surface area contributed by atoms with Gasteiger partial charge in [0.15, 0.2) is 16.0 Å². The maximum Gasteiger partial charge on any atom is 0.262 e. The number of nitrogens with zero attached hydrogens (tertiary/aromatic N) is 3. The van der Waals surface area contributed by atoms with Crippen LogP contribution in [0.25, 0.3) is 5.65 Å². The third-order valence-corrected chi connectivity index (χ3v) is 7.19. The number of imidazole rings is 1. The zero-order chi connectivity index (χ0) is 19.9. The second-order valence-corrected chi connectivity index (χ2v) is 8.67. The minimum absolute atomic E-state index is 0.103. The smallest absolute Gasteiger partial charge is 0.262 e. The topological polar surface area (TPSA) is 81.0 Å². The van der Waals surface area contributed by atoms with Gasteiger partial charge in [0, 0.05) is 18.3 Å². The first kappa shape index (κ1) is 18.9. The Morgan fingerprint density at radius 3 is 2.68 bits per heavy atom. The first-order valence-electron chi connectivity index (χ1n) is 8.76. The molecule has 9 heteroatoms. The van der Waals surface area contributed by atoms with Gasteiger partial charge in [-0.1, -0.05) is 17.7 Å². The highest BCUT2D eigenvalue weighted by Gasteiger charge is 2.42. The maximum atomic E-state index is 13.4. The van der Waals surface area contributed by atoms with Crippen LogP contribution in [0.2, 0.25) is 5.15 Å². The number of Topliss-reactive ketones (excluding diaryl/α,β-unsaturated/α-hetero) is 1. The number of ether oxygens (including phenoxy) is 1. The predicted molar refractivity (Wildman–Crippen MR) is 104 cm³/mol. The summed E-state index contributed by atoms with van der Waals surface area (Å²) in [4.78, 5) is 17.1. The third-order valence-electron chi connectivity index (χ3n) is 4.88. The molecule has 0 spiro atoms. The van der Waals surface area contributed by atoms with Gasteiger partial charge in [-0.2, -0.15) is 4.31 Å². The molecule has 1 fully saturated rings. The molecular formula is C19H18ClN3O4S. The number of halogens is 1. The Hall–Kier alpha value is -2.42. The standard InChI is InChI=1S/C19H18ClN3O4S/c1-27-14-9-7-13(8-10-14)17(24)15-5-4-12-23(15)28(25,26)19-18(20)21-16-6-2-3-11-22(16)19/h2-3,6-11,15H,4-5,12H2,1H3/t15-/m0/s1. The van der Waals surface area contributed by atoms with Crippen molar-refractivity contribution in [1.29, 1.82) is 0 Å². The lowest BCUT2D eigenvalue weighted by Gasteiger charge is -2.23. The van der Waals surface area contributed by atoms with Crippen molar-refractivity contribution in [3.63, 3.8) is 0 Å². The summed E-state index contributed by atoms with van der Waals surface area (Å²) >= 11 is 6.17. The van der Waals surface area contributed by atoms with Gasteiger partial charge in [-0.15, -0.1) is 0 Å². The first-order chi connectivity index (χ1) is 13.4. The number of pyridine rings is 1. The molecule has 28 heavy (non-hydrogen) atoms. The van der Waals surface area contributed by atoms with E-state index in [2.05, 4.69) is 4.98 Å². The van der Waals surface area contributed by atoms with Crippen LogP contribution in [0, 0.1) is 0 Å². The Morgan fingerprint density at radius 1 is 1.21 bits per heavy atom. The number of hydrogen-bond donors (Lipinski definition) is 0. The van der Waals surface area contributed by atoms with Crippen LogP contribution in [0.5, 0.6) is 5.75 Å². The summed E-state index contributed by atoms with van der Waals surface area (Å²) in [5.74, 6) is 0.388. The van der Waals surface area contributed by atoms with Gasteiger partial charge < -0.3 is 4.74 Å². The summed E-state index contributed by atoms with van der Waals surface area (Å²) in [5.41, 5.74) is 0.875. The molecule has 0 saturated carbocycles. The van der Waals surface area contributed by atoms with E-state index in [1.54, 1.807) is 55.8 Å². The molecule has 0 unspecified atom stereocenters. The predicted octanol–water partition coefficient (Wildman–Crippen LogP) is 3.03. The van der Waals surface area contributed by atoms with Gasteiger partial charge in [0.25, 0.3) is 10.0 Å². The fourth-order valence-electron chi connectivity index (χ4n) is 3.52. The van der Waals surface area contributed by atoms with E-state index in [1.165, 1.54) is 8.71 Å². The highest BCUT2D eigenvalue weighted by atomic mass is 35.5. The van der Waals surface area contributed by atoms with E-state index in [9.17, 15) is 13.2 Å². The number of hydrogen-bond acceptors (Lipinski definition) is 5. The lowest BCUT2D eigenvalue weighted by Crippen LogP contribution is -2.41. The number of rotatable bonds is 5. The molecule has 7 nitrogen and oxygen atoms in total. The van der Waals surface area contributed by atoms with E-state index in [-0.39, 0.29) is 22.5 Å². The van der Waals surface area contributed by atoms with Crippen LogP contribution < -0.4 is 4.74 Å². The number of benzene rings is 1. The lowest BCUT2D eigenvalue weighted by molar-refractivity contribution is 0.0918. The summed E-state index contributed by atoms with van der Waals surface area (Å²) in [6.45, 7) is 0.255. The fourth-order valence-corrected chi connectivity index (χ4v) is 5.78. The Balaban J connectivity index is 1.72. The van der Waals surface area contributed by atoms with Crippen molar-refractivity contribution in [1.82, 2.24) is 13.7 Å². The molecule has 4 rings (SSSR count). The van der Waals surface area contributed by atoms with Gasteiger partial charge >= 0.3 is 0 Å². The van der Waals surface area contributed by atoms with E-state index in [1.807, 2.05) is 0 Å². The third kappa shape index (κ3) is 3.07. The molecule has 3 aromatic rings. The molecule has 3 heterocycles. The summed E-state index contributed by atoms with van der Waals surface area (Å²) in [7, 11) is -2.47. The average Bonchev–Trinajstić information content (AvgIpc) is 3.32. The molecule has 1 aliphatic rings. The van der Waals surface area contributed by atoms with Crippen LogP contribution in [0.3, 0.4) is 0 Å². The van der Waals surface area contributed by atoms with Crippen LogP contribution >= 0.6 is 11.6 Å². The second-order valence-electron chi connectivity index (χ2n) is 6.50. The normalized spacial score (nSPS) is 17.9. The Morgan fingerprint density at radius 2 is 1.96 bits per heavy atom. The van der Waals surface area contributed by atoms with Crippen molar-refractivity contribution in [3.8, 4) is 5.75 Å². The number of aromatic nitrogens is 2. The SMILES string of the molecule is COc1ccc(C(=O)[C@@H]2CCCN2S(=O)(=O)c2c(Cl)nc3ccccn23)cc1. The van der Waals surface area contributed by atoms with Crippen LogP contribution in [-0.2, 0) is 10.0 Å². The van der Waals surface area contributed by atoms with Crippen molar-refractivity contribution in [2.75, 3.05) is 13.7 Å². The van der Waals surface area contributed by atoms with Crippen LogP contribution in [0.4, 0.5) is 0 Å². The molecule has 1 aromatic carbocycles. The first-order valence-corrected chi connectivity index (χ1v) is 10.6. The minimum atomic E-state index is -4.01. The highest BCUT2D eigenvalue weighted by Crippen LogP contribution is 2.32. The van der Waals surface area contributed by atoms with Crippen molar-refractivity contribution in [2.24, 2.45) is 0 Å². The number of ketones is 1. The van der Waals surface area contributed by atoms with E-state index in [4.69, 9.17) is 16.3 Å². The second kappa shape index (κ2) is 7.20. The van der Waals surface area contributed by atoms with Crippen LogP contribution in [0.15, 0.2) is 53.7 Å². The number of methoxy groups -OCH3 is 1. The van der Waals surface area contributed by atoms with Crippen LogP contribution in [0.1, 0.15) is 23.2 Å². The van der Waals surface area contributed by atoms with Gasteiger partial charge in [0.2, 0.25) is 0 Å². The quantitative estimate of drug-likeness (QED) is 0.594. The molecular weight excluding hydrogens is 402 g/mol. The molecule has 146 valence electrons. The van der Waals surface area contributed by atoms with Crippen molar-refractivity contribution < 1.29 is 17.9 Å². The molecule has 0 bridgehead atoms. The molecule has 2 aromatic heterocycles. The summed E-state index contributed by atoms with van der Waals surface area (Å²) < 4.78 is 34.6. The monoisotopic (exact) mass is 419 g/mol. The van der Waals surface area contributed by atoms with Gasteiger partial charge in [0.05, 0.1) is 13.2 Å². The van der Waals surface area contributed by atoms with E-state index < -0.39 is 16.1 Å². The Labute approximate surface area is 167 Å². The van der Waals surface area contributed by atoms with Crippen LogP contribution in [-0.4, -0.2) is 47.6 Å². The zero-order valence-electron chi connectivity index (χ0n) is 15.1. The number of sulfonamides is 1. The van der Waals surface area contributed by atoms with Crippen molar-refractivity contribution >= 4 is 33.1 Å². The number of carbonyl (C=O) groups excluding carboxylic acids is 1. The van der Waals surface area contributed by atoms with E-state index in [0.717, 1.165) is 0 Å². The Bertz CT molecular complexity index is 1140. The largest absolute Gasteiger partial charge is 0.497 e. The molecule has 1 aliphatic heterocycles. The van der Waals surface area contributed by atoms with Gasteiger partial charge in [-0.3, -0.25) is 9.20 Å². The van der Waals surface area contributed by atoms with Gasteiger partial charge in [0.1, 0.15) is 11.4 Å². The molecule has 0 N–H and O–H groups in total. The summed E-state index contributed by atoms with van der Waals surface area (Å²) in [6, 6.07) is 11.0. The highest BCUT2D eigenvalue weighted by molar-refractivity contribution is 7.89. The van der Waals surface area contributed by atoms with Gasteiger partial charge in [-0.05, 0) is 49.2 Å².